The minimum Gasteiger partial charge on any atom is -0.616 e. The Hall–Kier alpha value is -2.37. The molecular weight excluding hydrogens is 616 g/mol. The van der Waals surface area contributed by atoms with Gasteiger partial charge in [-0.2, -0.15) is 22.0 Å². The van der Waals surface area contributed by atoms with Gasteiger partial charge in [0.2, 0.25) is 0 Å². The van der Waals surface area contributed by atoms with E-state index in [0.29, 0.717) is 12.2 Å². The molecule has 1 aliphatic carbocycles. The number of phenolic OH excluding ortho intramolecular Hbond substituents is 2. The maximum absolute atomic E-state index is 13.8. The van der Waals surface area contributed by atoms with Crippen LogP contribution in [0.3, 0.4) is 0 Å². The number of rotatable bonds is 18. The zero-order valence-electron chi connectivity index (χ0n) is 25.9. The molecular formula is C34H45F6NO3S. The van der Waals surface area contributed by atoms with Crippen molar-refractivity contribution in [1.82, 2.24) is 4.90 Å². The maximum atomic E-state index is 13.8. The Bertz CT molecular complexity index is 1250. The highest BCUT2D eigenvalue weighted by atomic mass is 32.2. The first-order chi connectivity index (χ1) is 21.3. The molecule has 0 bridgehead atoms. The van der Waals surface area contributed by atoms with Crippen LogP contribution < -0.4 is 0 Å². The summed E-state index contributed by atoms with van der Waals surface area (Å²) in [6, 6.07) is 10.00. The highest BCUT2D eigenvalue weighted by Gasteiger charge is 2.56. The number of allylic oxidation sites excluding steroid dienone is 2. The molecule has 1 aliphatic rings. The van der Waals surface area contributed by atoms with Gasteiger partial charge in [0.05, 0.1) is 0 Å². The topological polar surface area (TPSA) is 66.8 Å². The van der Waals surface area contributed by atoms with Gasteiger partial charge in [-0.3, -0.25) is 0 Å². The number of fused-ring (bicyclic) bond motifs is 1. The normalized spacial score (nSPS) is 15.0. The summed E-state index contributed by atoms with van der Waals surface area (Å²) in [5.74, 6) is -5.32. The summed E-state index contributed by atoms with van der Waals surface area (Å²) < 4.78 is 88.3. The lowest BCUT2D eigenvalue weighted by Crippen LogP contribution is -2.36. The lowest BCUT2D eigenvalue weighted by atomic mass is 9.89. The second kappa shape index (κ2) is 17.5. The molecule has 4 nitrogen and oxygen atoms in total. The van der Waals surface area contributed by atoms with E-state index >= 15 is 0 Å². The molecule has 0 spiro atoms. The fourth-order valence-electron chi connectivity index (χ4n) is 5.82. The van der Waals surface area contributed by atoms with E-state index in [9.17, 15) is 41.1 Å². The Labute approximate surface area is 265 Å². The Kier molecular flexibility index (Phi) is 14.4. The van der Waals surface area contributed by atoms with E-state index in [2.05, 4.69) is 4.90 Å². The number of alkyl halides is 5. The van der Waals surface area contributed by atoms with Crippen LogP contribution in [0, 0.1) is 5.82 Å². The van der Waals surface area contributed by atoms with Gasteiger partial charge in [0.15, 0.2) is 11.6 Å². The van der Waals surface area contributed by atoms with E-state index in [0.717, 1.165) is 99.6 Å². The van der Waals surface area contributed by atoms with Gasteiger partial charge in [0, 0.05) is 6.42 Å². The first-order valence-electron chi connectivity index (χ1n) is 15.8. The smallest absolute Gasteiger partial charge is 0.453 e. The van der Waals surface area contributed by atoms with Crippen molar-refractivity contribution in [3.05, 3.63) is 58.9 Å². The number of hydrogen-bond donors (Lipinski definition) is 2. The number of phenols is 2. The number of aryl methyl sites for hydroxylation is 1. The molecule has 2 aromatic rings. The van der Waals surface area contributed by atoms with E-state index < -0.39 is 41.9 Å². The van der Waals surface area contributed by atoms with E-state index in [-0.39, 0.29) is 17.3 Å². The van der Waals surface area contributed by atoms with Crippen LogP contribution in [0.1, 0.15) is 93.7 Å². The molecule has 0 fully saturated rings. The molecule has 0 aromatic heterocycles. The Morgan fingerprint density at radius 3 is 2.18 bits per heavy atom. The van der Waals surface area contributed by atoms with Crippen molar-refractivity contribution in [2.24, 2.45) is 0 Å². The number of aromatic hydroxyl groups is 2. The average molecular weight is 662 g/mol. The maximum Gasteiger partial charge on any atom is 0.453 e. The summed E-state index contributed by atoms with van der Waals surface area (Å²) in [4.78, 5) is 2.24. The Morgan fingerprint density at radius 2 is 1.49 bits per heavy atom. The highest BCUT2D eigenvalue weighted by Crippen LogP contribution is 2.41. The summed E-state index contributed by atoms with van der Waals surface area (Å²) in [5, 5.41) is 20.1. The molecule has 0 amide bonds. The molecule has 0 saturated heterocycles. The molecule has 0 heterocycles. The third-order valence-corrected chi connectivity index (χ3v) is 9.84. The van der Waals surface area contributed by atoms with Crippen LogP contribution in [0.2, 0.25) is 0 Å². The van der Waals surface area contributed by atoms with Gasteiger partial charge in [-0.15, -0.1) is 0 Å². The van der Waals surface area contributed by atoms with E-state index in [1.807, 2.05) is 19.2 Å². The van der Waals surface area contributed by atoms with Crippen molar-refractivity contribution >= 4 is 22.3 Å². The van der Waals surface area contributed by atoms with Crippen LogP contribution in [0.5, 0.6) is 11.5 Å². The quantitative estimate of drug-likeness (QED) is 0.0950. The molecule has 11 heteroatoms. The summed E-state index contributed by atoms with van der Waals surface area (Å²) in [6.45, 7) is 1.80. The third-order valence-electron chi connectivity index (χ3n) is 8.35. The van der Waals surface area contributed by atoms with Gasteiger partial charge in [0.25, 0.3) is 0 Å². The molecule has 2 aromatic carbocycles. The van der Waals surface area contributed by atoms with E-state index in [1.165, 1.54) is 17.7 Å². The minimum absolute atomic E-state index is 0.143. The van der Waals surface area contributed by atoms with Crippen molar-refractivity contribution in [3.8, 4) is 11.5 Å². The van der Waals surface area contributed by atoms with Crippen LogP contribution in [-0.4, -0.2) is 63.4 Å². The molecule has 0 radical (unpaired) electrons. The third kappa shape index (κ3) is 11.7. The summed E-state index contributed by atoms with van der Waals surface area (Å²) in [7, 11) is 2.05. The van der Waals surface area contributed by atoms with Crippen molar-refractivity contribution in [2.75, 3.05) is 31.6 Å². The monoisotopic (exact) mass is 661 g/mol. The zero-order valence-corrected chi connectivity index (χ0v) is 26.7. The first-order valence-corrected chi connectivity index (χ1v) is 17.3. The molecule has 0 aliphatic heterocycles. The van der Waals surface area contributed by atoms with E-state index in [4.69, 9.17) is 0 Å². The fraction of sp³-hybridized carbons (Fsp3) is 0.588. The Balaban J connectivity index is 1.36. The predicted octanol–water partition coefficient (Wildman–Crippen LogP) is 9.26. The first kappa shape index (κ1) is 37.1. The van der Waals surface area contributed by atoms with Gasteiger partial charge < -0.3 is 19.7 Å². The average Bonchev–Trinajstić information content (AvgIpc) is 3.14. The van der Waals surface area contributed by atoms with Crippen molar-refractivity contribution in [1.29, 1.82) is 0 Å². The number of nitrogens with zero attached hydrogens (tertiary/aromatic N) is 1. The molecule has 1 unspecified atom stereocenters. The Morgan fingerprint density at radius 1 is 0.822 bits per heavy atom. The lowest BCUT2D eigenvalue weighted by molar-refractivity contribution is -0.284. The molecule has 252 valence electrons. The lowest BCUT2D eigenvalue weighted by Gasteiger charge is -2.19. The largest absolute Gasteiger partial charge is 0.616 e. The second-order valence-corrected chi connectivity index (χ2v) is 13.7. The minimum atomic E-state index is -5.56. The fourth-order valence-corrected chi connectivity index (χ4v) is 7.02. The van der Waals surface area contributed by atoms with E-state index in [1.54, 1.807) is 12.1 Å². The highest BCUT2D eigenvalue weighted by molar-refractivity contribution is 7.91. The number of benzene rings is 2. The van der Waals surface area contributed by atoms with Gasteiger partial charge in [0.1, 0.15) is 17.3 Å². The van der Waals surface area contributed by atoms with Gasteiger partial charge in [-0.05, 0) is 136 Å². The van der Waals surface area contributed by atoms with Crippen LogP contribution in [0.25, 0.3) is 11.1 Å². The SMILES string of the molecule is CN(CCCCCCC1=C(c2ccc(F)c(O)c2)CCCc2cc(O)ccc21)CCCCC[S+]([O-])CCCC(F)(F)C(F)(F)F. The summed E-state index contributed by atoms with van der Waals surface area (Å²) >= 11 is -1.39. The van der Waals surface area contributed by atoms with Crippen molar-refractivity contribution in [2.45, 2.75) is 95.6 Å². The van der Waals surface area contributed by atoms with Crippen LogP contribution in [0.4, 0.5) is 26.3 Å². The van der Waals surface area contributed by atoms with Gasteiger partial charge in [-0.25, -0.2) is 4.39 Å². The van der Waals surface area contributed by atoms with Crippen molar-refractivity contribution in [3.63, 3.8) is 0 Å². The molecule has 1 atom stereocenters. The number of unbranched alkanes of at least 4 members (excludes halogenated alkanes) is 5. The molecule has 3 rings (SSSR count). The number of halogens is 6. The van der Waals surface area contributed by atoms with Gasteiger partial charge in [-0.1, -0.05) is 36.2 Å². The predicted molar refractivity (Wildman–Crippen MR) is 168 cm³/mol. The summed E-state index contributed by atoms with van der Waals surface area (Å²) in [5.41, 5.74) is 5.33. The molecule has 45 heavy (non-hydrogen) atoms. The van der Waals surface area contributed by atoms with Crippen LogP contribution in [0.15, 0.2) is 36.4 Å². The van der Waals surface area contributed by atoms with Crippen LogP contribution >= 0.6 is 0 Å². The summed E-state index contributed by atoms with van der Waals surface area (Å²) in [6.07, 6.45) is 2.52. The second-order valence-electron chi connectivity index (χ2n) is 12.0. The molecule has 0 saturated carbocycles. The van der Waals surface area contributed by atoms with Crippen LogP contribution in [-0.2, 0) is 17.6 Å². The zero-order chi connectivity index (χ0) is 33.0. The molecule has 2 N–H and O–H groups in total. The van der Waals surface area contributed by atoms with Gasteiger partial charge >= 0.3 is 12.1 Å². The van der Waals surface area contributed by atoms with Crippen molar-refractivity contribution < 1.29 is 41.1 Å². The standard InChI is InChI=1S/C34H45F6NO3S/c1-41(20-7-4-8-21-45(44)22-10-18-33(36,37)34(38,39)40)19-6-3-2-5-12-30-28(26-14-17-31(35)32(43)24-26)13-9-11-25-23-27(42)15-16-29(25)30/h14-17,23-24,42-43H,2-13,18-22H2,1H3. The number of hydrogen-bond acceptors (Lipinski definition) is 4.